The summed E-state index contributed by atoms with van der Waals surface area (Å²) < 4.78 is 26.6. The Morgan fingerprint density at radius 3 is 2.81 bits per heavy atom. The maximum absolute atomic E-state index is 14.2. The molecule has 1 fully saturated rings. The number of benzene rings is 1. The molecule has 2 atom stereocenters. The molecular formula is C20H21FN6O4. The number of carbonyl (C=O) groups is 2. The quantitative estimate of drug-likeness (QED) is 0.604. The molecule has 0 unspecified atom stereocenters. The average molecular weight is 428 g/mol. The average Bonchev–Trinajstić information content (AvgIpc) is 3.46. The van der Waals surface area contributed by atoms with Crippen LogP contribution in [-0.4, -0.2) is 55.6 Å². The van der Waals surface area contributed by atoms with Crippen molar-refractivity contribution in [3.05, 3.63) is 59.2 Å². The highest BCUT2D eigenvalue weighted by atomic mass is 19.1. The van der Waals surface area contributed by atoms with Crippen LogP contribution in [0.1, 0.15) is 38.7 Å². The molecule has 3 aromatic rings. The van der Waals surface area contributed by atoms with E-state index in [1.54, 1.807) is 19.1 Å². The van der Waals surface area contributed by atoms with E-state index in [0.29, 0.717) is 17.1 Å². The van der Waals surface area contributed by atoms with E-state index in [9.17, 15) is 14.0 Å². The number of carbonyl (C=O) groups excluding carboxylic acids is 2. The number of halogens is 1. The first-order valence-corrected chi connectivity index (χ1v) is 9.70. The Morgan fingerprint density at radius 2 is 2.10 bits per heavy atom. The van der Waals surface area contributed by atoms with Gasteiger partial charge in [-0.2, -0.15) is 0 Å². The van der Waals surface area contributed by atoms with Crippen LogP contribution < -0.4 is 10.5 Å². The van der Waals surface area contributed by atoms with Crippen LogP contribution >= 0.6 is 0 Å². The predicted molar refractivity (Wildman–Crippen MR) is 105 cm³/mol. The minimum Gasteiger partial charge on any atom is -0.489 e. The van der Waals surface area contributed by atoms with Gasteiger partial charge in [-0.3, -0.25) is 9.59 Å². The number of nitrogens with two attached hydrogens (primary N) is 1. The molecule has 2 amide bonds. The minimum absolute atomic E-state index is 0.000134. The van der Waals surface area contributed by atoms with Crippen LogP contribution in [0.15, 0.2) is 41.1 Å². The molecule has 1 saturated heterocycles. The van der Waals surface area contributed by atoms with Crippen LogP contribution in [0.3, 0.4) is 0 Å². The van der Waals surface area contributed by atoms with E-state index >= 15 is 0 Å². The van der Waals surface area contributed by atoms with Gasteiger partial charge in [0.2, 0.25) is 0 Å². The summed E-state index contributed by atoms with van der Waals surface area (Å²) in [6, 6.07) is 8.65. The number of para-hydroxylation sites is 1. The molecule has 0 spiro atoms. The summed E-state index contributed by atoms with van der Waals surface area (Å²) in [4.78, 5) is 25.8. The van der Waals surface area contributed by atoms with Crippen LogP contribution in [0.25, 0.3) is 0 Å². The van der Waals surface area contributed by atoms with Crippen LogP contribution in [0.4, 0.5) is 4.39 Å². The lowest BCUT2D eigenvalue weighted by atomic mass is 10.1. The Balaban J connectivity index is 1.51. The smallest absolute Gasteiger partial charge is 0.276 e. The van der Waals surface area contributed by atoms with Crippen molar-refractivity contribution in [3.63, 3.8) is 0 Å². The molecule has 1 aromatic carbocycles. The van der Waals surface area contributed by atoms with Crippen molar-refractivity contribution >= 4 is 11.8 Å². The molecule has 0 radical (unpaired) electrons. The van der Waals surface area contributed by atoms with Gasteiger partial charge < -0.3 is 19.9 Å². The second kappa shape index (κ2) is 8.54. The molecule has 31 heavy (non-hydrogen) atoms. The molecular weight excluding hydrogens is 407 g/mol. The Bertz CT molecular complexity index is 1080. The third-order valence-corrected chi connectivity index (χ3v) is 5.13. The van der Waals surface area contributed by atoms with Gasteiger partial charge in [0, 0.05) is 6.42 Å². The van der Waals surface area contributed by atoms with Crippen LogP contribution in [0.2, 0.25) is 0 Å². The number of likely N-dealkylation sites (tertiary alicyclic amines) is 1. The van der Waals surface area contributed by atoms with Crippen molar-refractivity contribution in [3.8, 4) is 5.75 Å². The highest BCUT2D eigenvalue weighted by molar-refractivity contribution is 5.94. The lowest BCUT2D eigenvalue weighted by Crippen LogP contribution is -2.39. The summed E-state index contributed by atoms with van der Waals surface area (Å²) in [5.41, 5.74) is 5.78. The highest BCUT2D eigenvalue weighted by Crippen LogP contribution is 2.26. The molecule has 1 aliphatic rings. The predicted octanol–water partition coefficient (Wildman–Crippen LogP) is 1.51. The third kappa shape index (κ3) is 4.39. The summed E-state index contributed by atoms with van der Waals surface area (Å²) in [5.74, 6) is -0.0750. The van der Waals surface area contributed by atoms with E-state index < -0.39 is 24.0 Å². The minimum atomic E-state index is -1.19. The molecule has 1 aliphatic heterocycles. The lowest BCUT2D eigenvalue weighted by Gasteiger charge is -2.23. The fourth-order valence-corrected chi connectivity index (χ4v) is 3.54. The Hall–Kier alpha value is -3.76. The molecule has 0 aliphatic carbocycles. The number of aromatic nitrogens is 4. The van der Waals surface area contributed by atoms with E-state index in [2.05, 4.69) is 15.5 Å². The summed E-state index contributed by atoms with van der Waals surface area (Å²) in [5, 5.41) is 11.4. The summed E-state index contributed by atoms with van der Waals surface area (Å²) in [6.45, 7) is 1.86. The Morgan fingerprint density at radius 1 is 1.32 bits per heavy atom. The van der Waals surface area contributed by atoms with E-state index in [0.717, 1.165) is 0 Å². The van der Waals surface area contributed by atoms with Gasteiger partial charge in [0.1, 0.15) is 24.3 Å². The van der Waals surface area contributed by atoms with E-state index in [4.69, 9.17) is 15.0 Å². The number of rotatable bonds is 7. The second-order valence-corrected chi connectivity index (χ2v) is 7.30. The fourth-order valence-electron chi connectivity index (χ4n) is 3.54. The number of primary amides is 1. The van der Waals surface area contributed by atoms with Gasteiger partial charge in [0.05, 0.1) is 30.9 Å². The van der Waals surface area contributed by atoms with Gasteiger partial charge in [-0.25, -0.2) is 9.07 Å². The molecule has 10 nitrogen and oxygen atoms in total. The first-order valence-electron chi connectivity index (χ1n) is 9.70. The molecule has 4 rings (SSSR count). The number of amides is 2. The number of hydrogen-bond acceptors (Lipinski definition) is 7. The normalized spacial score (nSPS) is 18.3. The second-order valence-electron chi connectivity index (χ2n) is 7.30. The zero-order valence-corrected chi connectivity index (χ0v) is 16.8. The monoisotopic (exact) mass is 428 g/mol. The van der Waals surface area contributed by atoms with Gasteiger partial charge in [0.15, 0.2) is 11.4 Å². The van der Waals surface area contributed by atoms with Gasteiger partial charge in [0.25, 0.3) is 11.8 Å². The molecule has 0 bridgehead atoms. The number of alkyl halides is 1. The van der Waals surface area contributed by atoms with Crippen LogP contribution in [-0.2, 0) is 13.2 Å². The number of nitrogens with zero attached hydrogens (tertiary/aromatic N) is 5. The summed E-state index contributed by atoms with van der Waals surface area (Å²) >= 11 is 0. The fraction of sp³-hybridized carbons (Fsp3) is 0.350. The van der Waals surface area contributed by atoms with Gasteiger partial charge in [-0.1, -0.05) is 28.6 Å². The van der Waals surface area contributed by atoms with Crippen molar-refractivity contribution in [1.29, 1.82) is 0 Å². The summed E-state index contributed by atoms with van der Waals surface area (Å²) in [7, 11) is 0. The number of ether oxygens (including phenoxy) is 1. The number of hydrogen-bond donors (Lipinski definition) is 1. The van der Waals surface area contributed by atoms with E-state index in [1.165, 1.54) is 15.8 Å². The van der Waals surface area contributed by atoms with Crippen LogP contribution in [0, 0.1) is 6.92 Å². The maximum atomic E-state index is 14.2. The zero-order chi connectivity index (χ0) is 22.0. The SMILES string of the molecule is Cc1onc(C(=O)N2C[C@@H](F)C[C@H]2Cn2cc(C(N)=O)nn2)c1COc1ccccc1. The van der Waals surface area contributed by atoms with Crippen LogP contribution in [0.5, 0.6) is 5.75 Å². The molecule has 162 valence electrons. The topological polar surface area (TPSA) is 129 Å². The molecule has 3 heterocycles. The van der Waals surface area contributed by atoms with E-state index in [1.807, 2.05) is 18.2 Å². The van der Waals surface area contributed by atoms with Gasteiger partial charge >= 0.3 is 0 Å². The standard InChI is InChI=1S/C20H21FN6O4/c1-12-16(11-30-15-5-3-2-4-6-15)18(24-31-12)20(29)27-8-13(21)7-14(27)9-26-10-17(19(22)28)23-25-26/h2-6,10,13-14H,7-9,11H2,1H3,(H2,22,28)/t13-,14-/m0/s1. The molecule has 0 saturated carbocycles. The number of aryl methyl sites for hydroxylation is 1. The molecule has 2 aromatic heterocycles. The van der Waals surface area contributed by atoms with Crippen molar-refractivity contribution in [2.24, 2.45) is 5.73 Å². The molecule has 11 heteroatoms. The van der Waals surface area contributed by atoms with E-state index in [-0.39, 0.29) is 37.5 Å². The van der Waals surface area contributed by atoms with Crippen molar-refractivity contribution in [2.45, 2.75) is 38.7 Å². The third-order valence-electron chi connectivity index (χ3n) is 5.13. The highest BCUT2D eigenvalue weighted by Gasteiger charge is 2.38. The largest absolute Gasteiger partial charge is 0.489 e. The van der Waals surface area contributed by atoms with Gasteiger partial charge in [-0.05, 0) is 19.1 Å². The van der Waals surface area contributed by atoms with Crippen molar-refractivity contribution in [2.75, 3.05) is 6.54 Å². The van der Waals surface area contributed by atoms with Crippen molar-refractivity contribution in [1.82, 2.24) is 25.1 Å². The Labute approximate surface area is 176 Å². The molecule has 2 N–H and O–H groups in total. The van der Waals surface area contributed by atoms with Gasteiger partial charge in [-0.15, -0.1) is 5.10 Å². The summed E-state index contributed by atoms with van der Waals surface area (Å²) in [6.07, 6.45) is 0.310. The first kappa shape index (κ1) is 20.5. The van der Waals surface area contributed by atoms with Crippen molar-refractivity contribution < 1.29 is 23.2 Å². The lowest BCUT2D eigenvalue weighted by molar-refractivity contribution is 0.0701. The Kier molecular flexibility index (Phi) is 5.65. The zero-order valence-electron chi connectivity index (χ0n) is 16.8. The first-order chi connectivity index (χ1) is 14.9. The maximum Gasteiger partial charge on any atom is 0.276 e.